The average molecular weight is 321 g/mol. The maximum Gasteiger partial charge on any atom is 0.255 e. The zero-order valence-electron chi connectivity index (χ0n) is 13.2. The fourth-order valence-electron chi connectivity index (χ4n) is 2.86. The van der Waals surface area contributed by atoms with Gasteiger partial charge in [0.15, 0.2) is 0 Å². The number of amides is 2. The van der Waals surface area contributed by atoms with E-state index in [1.165, 1.54) is 11.1 Å². The van der Waals surface area contributed by atoms with E-state index in [9.17, 15) is 9.59 Å². The number of hydrogen-bond donors (Lipinski definition) is 1. The van der Waals surface area contributed by atoms with E-state index in [1.54, 1.807) is 23.1 Å². The minimum Gasteiger partial charge on any atom is -0.378 e. The second-order valence-corrected chi connectivity index (χ2v) is 6.03. The van der Waals surface area contributed by atoms with Crippen LogP contribution in [0, 0.1) is 6.07 Å². The van der Waals surface area contributed by atoms with Crippen LogP contribution in [-0.4, -0.2) is 43.0 Å². The average Bonchev–Trinajstić information content (AvgIpc) is 3.41. The van der Waals surface area contributed by atoms with Gasteiger partial charge in [0.1, 0.15) is 0 Å². The largest absolute Gasteiger partial charge is 0.378 e. The molecule has 2 aliphatic rings. The molecule has 4 rings (SSSR count). The molecule has 1 N–H and O–H groups in total. The summed E-state index contributed by atoms with van der Waals surface area (Å²) in [5.74, 6) is -0.232. The van der Waals surface area contributed by atoms with Gasteiger partial charge in [0.05, 0.1) is 13.2 Å². The van der Waals surface area contributed by atoms with Gasteiger partial charge in [-0.15, -0.1) is 0 Å². The first kappa shape index (κ1) is 14.9. The lowest BCUT2D eigenvalue weighted by atomic mass is 10.1. The molecule has 121 valence electrons. The first-order valence-electron chi connectivity index (χ1n) is 8.02. The molecule has 24 heavy (non-hydrogen) atoms. The van der Waals surface area contributed by atoms with E-state index in [0.29, 0.717) is 43.1 Å². The highest BCUT2D eigenvalue weighted by Crippen LogP contribution is 2.28. The van der Waals surface area contributed by atoms with E-state index in [0.717, 1.165) is 6.42 Å². The van der Waals surface area contributed by atoms with E-state index < -0.39 is 0 Å². The van der Waals surface area contributed by atoms with Crippen molar-refractivity contribution in [1.29, 1.82) is 0 Å². The second-order valence-electron chi connectivity index (χ2n) is 6.03. The topological polar surface area (TPSA) is 58.6 Å². The Hall–Kier alpha value is -2.66. The molecular formula is C19H17N2O3. The van der Waals surface area contributed by atoms with Gasteiger partial charge in [-0.05, 0) is 53.9 Å². The molecule has 2 amide bonds. The molecule has 1 radical (unpaired) electrons. The van der Waals surface area contributed by atoms with Crippen molar-refractivity contribution in [3.05, 3.63) is 64.7 Å². The van der Waals surface area contributed by atoms with Crippen LogP contribution in [0.1, 0.15) is 31.8 Å². The number of carbonyl (C=O) groups is 2. The van der Waals surface area contributed by atoms with Crippen LogP contribution in [0.5, 0.6) is 0 Å². The Bertz CT molecular complexity index is 810. The summed E-state index contributed by atoms with van der Waals surface area (Å²) >= 11 is 0. The van der Waals surface area contributed by atoms with E-state index in [-0.39, 0.29) is 11.8 Å². The van der Waals surface area contributed by atoms with Crippen LogP contribution < -0.4 is 5.32 Å². The normalized spacial score (nSPS) is 15.6. The standard InChI is InChI=1S/C19H17N2O3/c22-18(14-5-4-13-10-16(13)11-14)20-17-3-1-2-15(12-17)19(23)21-6-8-24-9-7-21/h2-5,11-12H,6-10H2,(H,20,22). The zero-order chi connectivity index (χ0) is 16.5. The lowest BCUT2D eigenvalue weighted by Crippen LogP contribution is -2.40. The number of nitrogens with one attached hydrogen (secondary N) is 1. The molecule has 0 atom stereocenters. The molecule has 2 aromatic rings. The Balaban J connectivity index is 1.48. The third-order valence-corrected chi connectivity index (χ3v) is 4.32. The fraction of sp³-hybridized carbons (Fsp3) is 0.263. The van der Waals surface area contributed by atoms with Crippen molar-refractivity contribution in [3.8, 4) is 0 Å². The lowest BCUT2D eigenvalue weighted by Gasteiger charge is -2.27. The van der Waals surface area contributed by atoms with Gasteiger partial charge < -0.3 is 15.0 Å². The number of nitrogens with zero attached hydrogens (tertiary/aromatic N) is 1. The van der Waals surface area contributed by atoms with Crippen molar-refractivity contribution in [1.82, 2.24) is 4.90 Å². The predicted octanol–water partition coefficient (Wildman–Crippen LogP) is 2.12. The molecular weight excluding hydrogens is 304 g/mol. The number of fused-ring (bicyclic) bond motifs is 1. The van der Waals surface area contributed by atoms with Crippen LogP contribution in [0.4, 0.5) is 5.69 Å². The van der Waals surface area contributed by atoms with Crippen LogP contribution >= 0.6 is 0 Å². The molecule has 2 aromatic carbocycles. The fourth-order valence-corrected chi connectivity index (χ4v) is 2.86. The maximum atomic E-state index is 12.5. The summed E-state index contributed by atoms with van der Waals surface area (Å²) in [6, 6.07) is 13.7. The Kier molecular flexibility index (Phi) is 3.78. The van der Waals surface area contributed by atoms with Crippen molar-refractivity contribution >= 4 is 17.5 Å². The molecule has 0 unspecified atom stereocenters. The number of benzene rings is 2. The number of morpholine rings is 1. The number of ether oxygens (including phenoxy) is 1. The van der Waals surface area contributed by atoms with Gasteiger partial charge >= 0.3 is 0 Å². The first-order valence-corrected chi connectivity index (χ1v) is 8.02. The summed E-state index contributed by atoms with van der Waals surface area (Å²) in [5, 5.41) is 2.84. The van der Waals surface area contributed by atoms with Crippen molar-refractivity contribution in [2.45, 2.75) is 6.42 Å². The summed E-state index contributed by atoms with van der Waals surface area (Å²) in [4.78, 5) is 26.6. The van der Waals surface area contributed by atoms with Gasteiger partial charge in [-0.1, -0.05) is 6.07 Å². The molecule has 0 saturated carbocycles. The van der Waals surface area contributed by atoms with Crippen LogP contribution in [0.3, 0.4) is 0 Å². The number of anilines is 1. The summed E-state index contributed by atoms with van der Waals surface area (Å²) in [6.07, 6.45) is 0.977. The molecule has 5 nitrogen and oxygen atoms in total. The van der Waals surface area contributed by atoms with Gasteiger partial charge in [0, 0.05) is 29.9 Å². The van der Waals surface area contributed by atoms with E-state index >= 15 is 0 Å². The third-order valence-electron chi connectivity index (χ3n) is 4.32. The highest BCUT2D eigenvalue weighted by atomic mass is 16.5. The van der Waals surface area contributed by atoms with Crippen molar-refractivity contribution in [3.63, 3.8) is 0 Å². The van der Waals surface area contributed by atoms with Crippen LogP contribution in [-0.2, 0) is 11.2 Å². The van der Waals surface area contributed by atoms with Crippen LogP contribution in [0.15, 0.2) is 36.4 Å². The van der Waals surface area contributed by atoms with Gasteiger partial charge in [-0.3, -0.25) is 9.59 Å². The summed E-state index contributed by atoms with van der Waals surface area (Å²) in [6.45, 7) is 2.30. The smallest absolute Gasteiger partial charge is 0.255 e. The molecule has 0 spiro atoms. The number of carbonyl (C=O) groups excluding carboxylic acids is 2. The second kappa shape index (κ2) is 6.09. The molecule has 1 aliphatic carbocycles. The lowest BCUT2D eigenvalue weighted by molar-refractivity contribution is 0.0303. The monoisotopic (exact) mass is 321 g/mol. The van der Waals surface area contributed by atoms with Crippen LogP contribution in [0.2, 0.25) is 0 Å². The van der Waals surface area contributed by atoms with Gasteiger partial charge in [-0.25, -0.2) is 0 Å². The molecule has 1 heterocycles. The van der Waals surface area contributed by atoms with Gasteiger partial charge in [-0.2, -0.15) is 0 Å². The van der Waals surface area contributed by atoms with Crippen molar-refractivity contribution in [2.24, 2.45) is 0 Å². The van der Waals surface area contributed by atoms with Gasteiger partial charge in [0.25, 0.3) is 11.8 Å². The zero-order valence-corrected chi connectivity index (χ0v) is 13.2. The summed E-state index contributed by atoms with van der Waals surface area (Å²) in [5.41, 5.74) is 4.26. The Morgan fingerprint density at radius 1 is 1.04 bits per heavy atom. The molecule has 0 aromatic heterocycles. The maximum absolute atomic E-state index is 12.5. The predicted molar refractivity (Wildman–Crippen MR) is 89.2 cm³/mol. The SMILES string of the molecule is O=C(Nc1c[c]cc(C(=O)N2CCOCC2)c1)c1ccc2c(c1)C2. The minimum absolute atomic E-state index is 0.0600. The summed E-state index contributed by atoms with van der Waals surface area (Å²) < 4.78 is 5.27. The molecule has 1 aliphatic heterocycles. The Morgan fingerprint density at radius 3 is 2.67 bits per heavy atom. The number of hydrogen-bond acceptors (Lipinski definition) is 3. The van der Waals surface area contributed by atoms with E-state index in [4.69, 9.17) is 4.74 Å². The molecule has 1 saturated heterocycles. The van der Waals surface area contributed by atoms with Gasteiger partial charge in [0.2, 0.25) is 0 Å². The number of rotatable bonds is 3. The highest BCUT2D eigenvalue weighted by Gasteiger charge is 2.20. The first-order chi connectivity index (χ1) is 11.7. The molecule has 5 heteroatoms. The Labute approximate surface area is 140 Å². The van der Waals surface area contributed by atoms with E-state index in [1.807, 2.05) is 18.2 Å². The van der Waals surface area contributed by atoms with Crippen molar-refractivity contribution < 1.29 is 14.3 Å². The van der Waals surface area contributed by atoms with E-state index in [2.05, 4.69) is 11.4 Å². The molecule has 1 fully saturated rings. The Morgan fingerprint density at radius 2 is 1.88 bits per heavy atom. The molecule has 0 bridgehead atoms. The highest BCUT2D eigenvalue weighted by molar-refractivity contribution is 6.05. The minimum atomic E-state index is -0.172. The quantitative estimate of drug-likeness (QED) is 0.804. The third kappa shape index (κ3) is 3.03. The van der Waals surface area contributed by atoms with Crippen molar-refractivity contribution in [2.75, 3.05) is 31.6 Å². The van der Waals surface area contributed by atoms with Crippen LogP contribution in [0.25, 0.3) is 0 Å². The summed E-state index contributed by atoms with van der Waals surface area (Å²) in [7, 11) is 0.